The molecule has 0 radical (unpaired) electrons. The van der Waals surface area contributed by atoms with Gasteiger partial charge in [-0.15, -0.1) is 0 Å². The minimum absolute atomic E-state index is 0.0915. The van der Waals surface area contributed by atoms with E-state index in [0.29, 0.717) is 12.1 Å². The van der Waals surface area contributed by atoms with Gasteiger partial charge in [-0.05, 0) is 61.3 Å². The van der Waals surface area contributed by atoms with E-state index in [9.17, 15) is 4.79 Å². The van der Waals surface area contributed by atoms with Crippen molar-refractivity contribution >= 4 is 21.8 Å². The van der Waals surface area contributed by atoms with Crippen molar-refractivity contribution in [2.24, 2.45) is 7.05 Å². The lowest BCUT2D eigenvalue weighted by Gasteiger charge is -2.13. The second-order valence-corrected chi connectivity index (χ2v) is 7.67. The molecule has 0 fully saturated rings. The van der Waals surface area contributed by atoms with Crippen LogP contribution in [0.1, 0.15) is 51.5 Å². The molecule has 0 aliphatic carbocycles. The summed E-state index contributed by atoms with van der Waals surface area (Å²) in [6, 6.07) is 7.55. The number of nitrogens with one attached hydrogen (secondary N) is 1. The molecule has 0 aliphatic rings. The highest BCUT2D eigenvalue weighted by Gasteiger charge is 2.15. The average Bonchev–Trinajstić information content (AvgIpc) is 3.09. The van der Waals surface area contributed by atoms with Gasteiger partial charge in [-0.25, -0.2) is 0 Å². The van der Waals surface area contributed by atoms with Gasteiger partial charge in [0.15, 0.2) is 0 Å². The molecule has 2 aromatic heterocycles. The molecule has 27 heavy (non-hydrogen) atoms. The second-order valence-electron chi connectivity index (χ2n) is 6.88. The Bertz CT molecular complexity index is 971. The van der Waals surface area contributed by atoms with E-state index in [1.54, 1.807) is 4.68 Å². The smallest absolute Gasteiger partial charge is 0.251 e. The van der Waals surface area contributed by atoms with Gasteiger partial charge < -0.3 is 5.32 Å². The van der Waals surface area contributed by atoms with E-state index in [4.69, 9.17) is 0 Å². The van der Waals surface area contributed by atoms with E-state index in [-0.39, 0.29) is 11.9 Å². The molecule has 2 heterocycles. The zero-order valence-corrected chi connectivity index (χ0v) is 17.8. The maximum atomic E-state index is 12.6. The molecule has 1 atom stereocenters. The largest absolute Gasteiger partial charge is 0.345 e. The number of hydrogen-bond acceptors (Lipinski definition) is 3. The summed E-state index contributed by atoms with van der Waals surface area (Å²) in [5.41, 5.74) is 5.76. The minimum atomic E-state index is -0.0991. The van der Waals surface area contributed by atoms with Crippen molar-refractivity contribution < 1.29 is 4.79 Å². The Labute approximate surface area is 167 Å². The monoisotopic (exact) mass is 429 g/mol. The zero-order valence-electron chi connectivity index (χ0n) is 16.2. The van der Waals surface area contributed by atoms with Crippen LogP contribution in [-0.4, -0.2) is 25.5 Å². The van der Waals surface area contributed by atoms with Crippen molar-refractivity contribution in [1.82, 2.24) is 24.9 Å². The molecule has 0 saturated carbocycles. The Balaban J connectivity index is 1.68. The SMILES string of the molecule is Cc1nn(C)cc1C(C)NC(=O)c1ccc(Cn2nc(C)c(Br)c2C)cc1. The Kier molecular flexibility index (Phi) is 5.51. The Hall–Kier alpha value is -2.41. The van der Waals surface area contributed by atoms with Crippen molar-refractivity contribution in [3.63, 3.8) is 0 Å². The Morgan fingerprint density at radius 3 is 2.33 bits per heavy atom. The highest BCUT2D eigenvalue weighted by molar-refractivity contribution is 9.10. The first-order chi connectivity index (χ1) is 12.8. The number of rotatable bonds is 5. The molecular weight excluding hydrogens is 406 g/mol. The van der Waals surface area contributed by atoms with E-state index in [1.165, 1.54) is 0 Å². The lowest BCUT2D eigenvalue weighted by atomic mass is 10.1. The van der Waals surface area contributed by atoms with Crippen molar-refractivity contribution in [3.8, 4) is 0 Å². The fourth-order valence-electron chi connectivity index (χ4n) is 3.16. The van der Waals surface area contributed by atoms with Gasteiger partial charge in [-0.2, -0.15) is 10.2 Å². The van der Waals surface area contributed by atoms with E-state index in [2.05, 4.69) is 31.4 Å². The molecule has 6 nitrogen and oxygen atoms in total. The Morgan fingerprint density at radius 2 is 1.81 bits per heavy atom. The number of carbonyl (C=O) groups excluding carboxylic acids is 1. The highest BCUT2D eigenvalue weighted by atomic mass is 79.9. The van der Waals surface area contributed by atoms with Gasteiger partial charge in [-0.1, -0.05) is 12.1 Å². The lowest BCUT2D eigenvalue weighted by molar-refractivity contribution is 0.0940. The zero-order chi connectivity index (χ0) is 19.7. The molecule has 1 aromatic carbocycles. The van der Waals surface area contributed by atoms with Gasteiger partial charge >= 0.3 is 0 Å². The maximum absolute atomic E-state index is 12.6. The molecule has 3 aromatic rings. The van der Waals surface area contributed by atoms with Crippen LogP contribution in [0.2, 0.25) is 0 Å². The number of halogens is 1. The van der Waals surface area contributed by atoms with Gasteiger partial charge in [0.2, 0.25) is 0 Å². The first kappa shape index (κ1) is 19.4. The summed E-state index contributed by atoms with van der Waals surface area (Å²) in [5, 5.41) is 11.9. The molecule has 1 N–H and O–H groups in total. The number of carbonyl (C=O) groups is 1. The lowest BCUT2D eigenvalue weighted by Crippen LogP contribution is -2.26. The highest BCUT2D eigenvalue weighted by Crippen LogP contribution is 2.21. The Morgan fingerprint density at radius 1 is 1.15 bits per heavy atom. The summed E-state index contributed by atoms with van der Waals surface area (Å²) in [7, 11) is 1.88. The summed E-state index contributed by atoms with van der Waals surface area (Å²) in [4.78, 5) is 12.6. The van der Waals surface area contributed by atoms with Crippen LogP contribution in [0.5, 0.6) is 0 Å². The van der Waals surface area contributed by atoms with Crippen LogP contribution in [0.3, 0.4) is 0 Å². The fraction of sp³-hybridized carbons (Fsp3) is 0.350. The first-order valence-corrected chi connectivity index (χ1v) is 9.65. The molecule has 142 valence electrons. The molecule has 0 saturated heterocycles. The molecular formula is C20H24BrN5O. The summed E-state index contributed by atoms with van der Waals surface area (Å²) < 4.78 is 4.76. The third kappa shape index (κ3) is 4.13. The third-order valence-corrected chi connectivity index (χ3v) is 5.85. The molecule has 0 aliphatic heterocycles. The van der Waals surface area contributed by atoms with Crippen LogP contribution in [0.4, 0.5) is 0 Å². The summed E-state index contributed by atoms with van der Waals surface area (Å²) >= 11 is 3.55. The standard InChI is InChI=1S/C20H24BrN5O/c1-12(18-11-25(5)23-13(18)2)22-20(27)17-8-6-16(7-9-17)10-26-15(4)19(21)14(3)24-26/h6-9,11-12H,10H2,1-5H3,(H,22,27). The summed E-state index contributed by atoms with van der Waals surface area (Å²) in [6.45, 7) is 8.60. The van der Waals surface area contributed by atoms with Gasteiger partial charge in [0.1, 0.15) is 0 Å². The number of amides is 1. The van der Waals surface area contributed by atoms with Crippen LogP contribution in [-0.2, 0) is 13.6 Å². The van der Waals surface area contributed by atoms with Crippen LogP contribution < -0.4 is 5.32 Å². The van der Waals surface area contributed by atoms with Crippen molar-refractivity contribution in [1.29, 1.82) is 0 Å². The molecule has 0 bridgehead atoms. The molecule has 3 rings (SSSR count). The van der Waals surface area contributed by atoms with Crippen LogP contribution in [0.25, 0.3) is 0 Å². The van der Waals surface area contributed by atoms with Crippen molar-refractivity contribution in [2.45, 2.75) is 40.3 Å². The van der Waals surface area contributed by atoms with Crippen LogP contribution in [0.15, 0.2) is 34.9 Å². The summed E-state index contributed by atoms with van der Waals surface area (Å²) in [6.07, 6.45) is 1.94. The van der Waals surface area contributed by atoms with E-state index >= 15 is 0 Å². The van der Waals surface area contributed by atoms with Gasteiger partial charge in [0, 0.05) is 24.4 Å². The first-order valence-electron chi connectivity index (χ1n) is 8.85. The minimum Gasteiger partial charge on any atom is -0.345 e. The molecule has 0 spiro atoms. The molecule has 1 unspecified atom stereocenters. The predicted molar refractivity (Wildman–Crippen MR) is 109 cm³/mol. The van der Waals surface area contributed by atoms with Gasteiger partial charge in [-0.3, -0.25) is 14.2 Å². The van der Waals surface area contributed by atoms with Crippen molar-refractivity contribution in [2.75, 3.05) is 0 Å². The van der Waals surface area contributed by atoms with Gasteiger partial charge in [0.05, 0.1) is 34.1 Å². The normalized spacial score (nSPS) is 12.2. The fourth-order valence-corrected chi connectivity index (χ4v) is 3.45. The van der Waals surface area contributed by atoms with Crippen LogP contribution >= 0.6 is 15.9 Å². The molecule has 1 amide bonds. The predicted octanol–water partition coefficient (Wildman–Crippen LogP) is 3.84. The van der Waals surface area contributed by atoms with E-state index in [1.807, 2.05) is 69.9 Å². The number of nitrogens with zero attached hydrogens (tertiary/aromatic N) is 4. The van der Waals surface area contributed by atoms with Gasteiger partial charge in [0.25, 0.3) is 5.91 Å². The maximum Gasteiger partial charge on any atom is 0.251 e. The van der Waals surface area contributed by atoms with Crippen molar-refractivity contribution in [3.05, 3.63) is 68.7 Å². The quantitative estimate of drug-likeness (QED) is 0.669. The topological polar surface area (TPSA) is 64.7 Å². The second kappa shape index (κ2) is 7.68. The number of hydrogen-bond donors (Lipinski definition) is 1. The molecule has 7 heteroatoms. The summed E-state index contributed by atoms with van der Waals surface area (Å²) in [5.74, 6) is -0.0915. The third-order valence-electron chi connectivity index (χ3n) is 4.71. The van der Waals surface area contributed by atoms with E-state index in [0.717, 1.165) is 32.7 Å². The average molecular weight is 430 g/mol. The number of aryl methyl sites for hydroxylation is 3. The van der Waals surface area contributed by atoms with Crippen LogP contribution in [0, 0.1) is 20.8 Å². The number of aromatic nitrogens is 4. The number of benzene rings is 1. The van der Waals surface area contributed by atoms with E-state index < -0.39 is 0 Å².